The van der Waals surface area contributed by atoms with Crippen molar-refractivity contribution in [2.24, 2.45) is 0 Å². The maximum Gasteiger partial charge on any atom is 0.284 e. The van der Waals surface area contributed by atoms with Gasteiger partial charge in [-0.05, 0) is 18.2 Å². The van der Waals surface area contributed by atoms with Crippen LogP contribution in [0.3, 0.4) is 0 Å². The number of hydrogen-bond acceptors (Lipinski definition) is 1. The van der Waals surface area contributed by atoms with E-state index >= 15 is 0 Å². The van der Waals surface area contributed by atoms with E-state index < -0.39 is 0 Å². The highest BCUT2D eigenvalue weighted by atomic mass is 19.1. The van der Waals surface area contributed by atoms with Gasteiger partial charge in [-0.2, -0.15) is 0 Å². The molecule has 1 aliphatic heterocycles. The predicted molar refractivity (Wildman–Crippen MR) is 43.3 cm³/mol. The fourth-order valence-corrected chi connectivity index (χ4v) is 1.05. The van der Waals surface area contributed by atoms with E-state index in [0.29, 0.717) is 0 Å². The van der Waals surface area contributed by atoms with Crippen LogP contribution in [0.4, 0.5) is 10.1 Å². The second-order valence-corrected chi connectivity index (χ2v) is 2.34. The monoisotopic (exact) mass is 147 g/mol. The lowest BCUT2D eigenvalue weighted by Gasteiger charge is -1.93. The fraction of sp³-hybridized carbons (Fsp3) is 0. The quantitative estimate of drug-likeness (QED) is 0.532. The Balaban J connectivity index is 2.63. The highest BCUT2D eigenvalue weighted by Gasteiger charge is 2.11. The van der Waals surface area contributed by atoms with Gasteiger partial charge >= 0.3 is 0 Å². The molecule has 1 aromatic carbocycles. The van der Waals surface area contributed by atoms with Crippen molar-refractivity contribution < 1.29 is 4.39 Å². The summed E-state index contributed by atoms with van der Waals surface area (Å²) in [7, 11) is 0. The molecule has 1 aromatic rings. The van der Waals surface area contributed by atoms with E-state index in [4.69, 9.17) is 0 Å². The molecule has 2 rings (SSSR count). The van der Waals surface area contributed by atoms with Gasteiger partial charge in [0.15, 0.2) is 0 Å². The Kier molecular flexibility index (Phi) is 1.32. The summed E-state index contributed by atoms with van der Waals surface area (Å²) in [6, 6.07) is 4.56. The standard InChI is InChI=1S/C9H6FN/c10-8-3-4-9-7(6-8)2-1-5-11-9/h1-6H/q+1. The minimum absolute atomic E-state index is 0.217. The lowest BCUT2D eigenvalue weighted by Crippen LogP contribution is -1.91. The third-order valence-electron chi connectivity index (χ3n) is 1.57. The van der Waals surface area contributed by atoms with E-state index in [0.717, 1.165) is 11.3 Å². The zero-order valence-corrected chi connectivity index (χ0v) is 5.79. The van der Waals surface area contributed by atoms with E-state index in [1.807, 2.05) is 6.08 Å². The normalized spacial score (nSPS) is 13.2. The Morgan fingerprint density at radius 1 is 1.27 bits per heavy atom. The molecule has 0 unspecified atom stereocenters. The van der Waals surface area contributed by atoms with Gasteiger partial charge in [-0.15, -0.1) is 0 Å². The molecule has 53 valence electrons. The van der Waals surface area contributed by atoms with Crippen LogP contribution in [0.15, 0.2) is 24.3 Å². The molecule has 0 aliphatic carbocycles. The first kappa shape index (κ1) is 6.28. The van der Waals surface area contributed by atoms with Gasteiger partial charge in [-0.1, -0.05) is 0 Å². The second kappa shape index (κ2) is 2.31. The van der Waals surface area contributed by atoms with Crippen molar-refractivity contribution >= 4 is 18.0 Å². The maximum absolute atomic E-state index is 12.6. The van der Waals surface area contributed by atoms with E-state index in [9.17, 15) is 4.39 Å². The molecule has 0 saturated carbocycles. The molecule has 0 bridgehead atoms. The summed E-state index contributed by atoms with van der Waals surface area (Å²) in [4.78, 5) is 4.06. The number of halogens is 1. The third-order valence-corrected chi connectivity index (χ3v) is 1.57. The van der Waals surface area contributed by atoms with Crippen molar-refractivity contribution in [1.29, 1.82) is 0 Å². The number of benzene rings is 1. The van der Waals surface area contributed by atoms with Crippen LogP contribution in [-0.4, -0.2) is 6.21 Å². The number of nitrogens with zero attached hydrogens (tertiary/aromatic N) is 1. The fourth-order valence-electron chi connectivity index (χ4n) is 1.05. The summed E-state index contributed by atoms with van der Waals surface area (Å²) in [6.07, 6.45) is 5.33. The van der Waals surface area contributed by atoms with Crippen molar-refractivity contribution in [2.45, 2.75) is 0 Å². The Hall–Kier alpha value is -1.44. The number of fused-ring (bicyclic) bond motifs is 1. The highest BCUT2D eigenvalue weighted by molar-refractivity contribution is 5.85. The molecular formula is C9H6FN+. The largest absolute Gasteiger partial charge is 0.284 e. The summed E-state index contributed by atoms with van der Waals surface area (Å²) in [6.45, 7) is 0. The average molecular weight is 147 g/mol. The molecule has 0 aromatic heterocycles. The Bertz CT molecular complexity index is 339. The van der Waals surface area contributed by atoms with Crippen LogP contribution in [0.2, 0.25) is 0 Å². The second-order valence-electron chi connectivity index (χ2n) is 2.34. The van der Waals surface area contributed by atoms with Crippen LogP contribution in [0.5, 0.6) is 0 Å². The lowest BCUT2D eigenvalue weighted by molar-refractivity contribution is 0.627. The van der Waals surface area contributed by atoms with E-state index in [1.165, 1.54) is 12.1 Å². The van der Waals surface area contributed by atoms with Gasteiger partial charge in [0.25, 0.3) is 5.69 Å². The molecule has 0 fully saturated rings. The van der Waals surface area contributed by atoms with Gasteiger partial charge in [0.1, 0.15) is 5.82 Å². The van der Waals surface area contributed by atoms with Crippen molar-refractivity contribution in [3.63, 3.8) is 0 Å². The van der Waals surface area contributed by atoms with Crippen molar-refractivity contribution in [3.8, 4) is 0 Å². The van der Waals surface area contributed by atoms with Gasteiger partial charge in [0.05, 0.1) is 10.6 Å². The number of allylic oxidation sites excluding steroid dienone is 1. The molecule has 2 heteroatoms. The lowest BCUT2D eigenvalue weighted by atomic mass is 10.1. The molecule has 0 spiro atoms. The molecule has 0 N–H and O–H groups in total. The zero-order chi connectivity index (χ0) is 7.68. The smallest absolute Gasteiger partial charge is 0.207 e. The van der Waals surface area contributed by atoms with Crippen LogP contribution in [0.1, 0.15) is 5.56 Å². The van der Waals surface area contributed by atoms with Crippen LogP contribution < -0.4 is 4.99 Å². The molecule has 1 aliphatic rings. The van der Waals surface area contributed by atoms with Crippen molar-refractivity contribution in [1.82, 2.24) is 4.99 Å². The van der Waals surface area contributed by atoms with Gasteiger partial charge in [0.2, 0.25) is 6.21 Å². The Morgan fingerprint density at radius 2 is 2.18 bits per heavy atom. The Morgan fingerprint density at radius 3 is 3.09 bits per heavy atom. The first-order chi connectivity index (χ1) is 5.36. The predicted octanol–water partition coefficient (Wildman–Crippen LogP) is 1.89. The molecule has 1 heterocycles. The van der Waals surface area contributed by atoms with Gasteiger partial charge in [-0.3, -0.25) is 0 Å². The summed E-state index contributed by atoms with van der Waals surface area (Å²) in [5.41, 5.74) is 1.67. The average Bonchev–Trinajstić information content (AvgIpc) is 2.04. The van der Waals surface area contributed by atoms with E-state index in [1.54, 1.807) is 18.4 Å². The number of rotatable bonds is 0. The van der Waals surface area contributed by atoms with E-state index in [2.05, 4.69) is 4.99 Å². The first-order valence-corrected chi connectivity index (χ1v) is 3.36. The van der Waals surface area contributed by atoms with Crippen LogP contribution in [0, 0.1) is 5.82 Å². The minimum Gasteiger partial charge on any atom is -0.207 e. The minimum atomic E-state index is -0.217. The van der Waals surface area contributed by atoms with Crippen LogP contribution in [0.25, 0.3) is 6.08 Å². The molecule has 0 atom stereocenters. The number of aliphatic imine (C=N–C) groups is 1. The first-order valence-electron chi connectivity index (χ1n) is 3.36. The van der Waals surface area contributed by atoms with Crippen LogP contribution >= 0.6 is 0 Å². The molecular weight excluding hydrogens is 141 g/mol. The number of hydrogen-bond donors (Lipinski definition) is 0. The van der Waals surface area contributed by atoms with E-state index in [-0.39, 0.29) is 5.82 Å². The van der Waals surface area contributed by atoms with Gasteiger partial charge < -0.3 is 0 Å². The molecule has 1 nitrogen and oxygen atoms in total. The van der Waals surface area contributed by atoms with Gasteiger partial charge in [-0.25, -0.2) is 4.39 Å². The third kappa shape index (κ3) is 1.07. The highest BCUT2D eigenvalue weighted by Crippen LogP contribution is 2.18. The van der Waals surface area contributed by atoms with Gasteiger partial charge in [0, 0.05) is 12.1 Å². The molecule has 1 radical (unpaired) electrons. The molecule has 0 amide bonds. The summed E-state index contributed by atoms with van der Waals surface area (Å²) in [5, 5.41) is 0. The molecule has 0 saturated heterocycles. The maximum atomic E-state index is 12.6. The topological polar surface area (TPSA) is 14.1 Å². The Labute approximate surface area is 63.9 Å². The van der Waals surface area contributed by atoms with Crippen LogP contribution in [-0.2, 0) is 0 Å². The van der Waals surface area contributed by atoms with Crippen molar-refractivity contribution in [2.75, 3.05) is 0 Å². The van der Waals surface area contributed by atoms with Crippen molar-refractivity contribution in [3.05, 3.63) is 35.7 Å². The summed E-state index contributed by atoms with van der Waals surface area (Å²) < 4.78 is 12.6. The summed E-state index contributed by atoms with van der Waals surface area (Å²) in [5.74, 6) is -0.217. The summed E-state index contributed by atoms with van der Waals surface area (Å²) >= 11 is 0. The zero-order valence-electron chi connectivity index (χ0n) is 5.79. The SMILES string of the molecule is Fc1ccc2c(c1)C=CC=[N+]2. The molecule has 11 heavy (non-hydrogen) atoms.